The number of hydrogen-bond donors (Lipinski definition) is 0. The Morgan fingerprint density at radius 3 is 2.67 bits per heavy atom. The van der Waals surface area contributed by atoms with E-state index in [2.05, 4.69) is 24.3 Å². The lowest BCUT2D eigenvalue weighted by Crippen LogP contribution is -2.18. The van der Waals surface area contributed by atoms with Crippen molar-refractivity contribution in [2.24, 2.45) is 0 Å². The second-order valence-corrected chi connectivity index (χ2v) is 4.38. The minimum Gasteiger partial charge on any atom is -0.291 e. The first-order valence-corrected chi connectivity index (χ1v) is 5.40. The molecule has 1 aliphatic carbocycles. The van der Waals surface area contributed by atoms with E-state index in [1.807, 2.05) is 19.0 Å². The maximum atomic E-state index is 9.11. The van der Waals surface area contributed by atoms with Crippen molar-refractivity contribution in [1.29, 1.82) is 5.26 Å². The molecular formula is C13H16N2. The van der Waals surface area contributed by atoms with Gasteiger partial charge < -0.3 is 0 Å². The second-order valence-electron chi connectivity index (χ2n) is 4.38. The highest BCUT2D eigenvalue weighted by Crippen LogP contribution is 2.26. The van der Waals surface area contributed by atoms with E-state index in [0.29, 0.717) is 0 Å². The molecular weight excluding hydrogens is 184 g/mol. The van der Waals surface area contributed by atoms with Gasteiger partial charge in [-0.15, -0.1) is 0 Å². The monoisotopic (exact) mass is 200 g/mol. The van der Waals surface area contributed by atoms with Gasteiger partial charge in [0.05, 0.1) is 6.07 Å². The first kappa shape index (κ1) is 10.2. The van der Waals surface area contributed by atoms with Crippen LogP contribution < -0.4 is 0 Å². The lowest BCUT2D eigenvalue weighted by molar-refractivity contribution is 0.358. The van der Waals surface area contributed by atoms with Gasteiger partial charge in [0, 0.05) is 0 Å². The van der Waals surface area contributed by atoms with Gasteiger partial charge in [-0.05, 0) is 50.0 Å². The summed E-state index contributed by atoms with van der Waals surface area (Å²) >= 11 is 0. The molecule has 0 N–H and O–H groups in total. The molecule has 0 aliphatic heterocycles. The van der Waals surface area contributed by atoms with Gasteiger partial charge in [-0.3, -0.25) is 4.90 Å². The minimum atomic E-state index is -0.115. The normalized spacial score (nSPS) is 16.1. The van der Waals surface area contributed by atoms with Crippen LogP contribution in [0.5, 0.6) is 0 Å². The Kier molecular flexibility index (Phi) is 2.75. The molecule has 0 heterocycles. The summed E-state index contributed by atoms with van der Waals surface area (Å²) in [6.07, 6.45) is 3.64. The molecule has 0 radical (unpaired) electrons. The van der Waals surface area contributed by atoms with Crippen LogP contribution in [-0.4, -0.2) is 19.0 Å². The Balaban J connectivity index is 2.34. The Morgan fingerprint density at radius 2 is 2.00 bits per heavy atom. The molecule has 78 valence electrons. The third-order valence-electron chi connectivity index (χ3n) is 3.08. The zero-order valence-corrected chi connectivity index (χ0v) is 9.33. The standard InChI is InChI=1S/C13H16N2/c1-15(2)13(9-14)12-7-6-10-4-3-5-11(10)8-12/h6-8,13H,3-5H2,1-2H3. The molecule has 0 amide bonds. The first-order valence-electron chi connectivity index (χ1n) is 5.40. The average Bonchev–Trinajstić information content (AvgIpc) is 2.65. The highest BCUT2D eigenvalue weighted by Gasteiger charge is 2.16. The Bertz CT molecular complexity index is 401. The molecule has 2 nitrogen and oxygen atoms in total. The molecule has 0 spiro atoms. The molecule has 0 saturated carbocycles. The highest BCUT2D eigenvalue weighted by molar-refractivity contribution is 5.38. The quantitative estimate of drug-likeness (QED) is 0.732. The molecule has 1 atom stereocenters. The third kappa shape index (κ3) is 1.88. The van der Waals surface area contributed by atoms with Crippen molar-refractivity contribution in [3.8, 4) is 6.07 Å². The third-order valence-corrected chi connectivity index (χ3v) is 3.08. The smallest absolute Gasteiger partial charge is 0.123 e. The van der Waals surface area contributed by atoms with Crippen LogP contribution >= 0.6 is 0 Å². The number of fused-ring (bicyclic) bond motifs is 1. The lowest BCUT2D eigenvalue weighted by Gasteiger charge is -2.18. The van der Waals surface area contributed by atoms with Gasteiger partial charge in [-0.1, -0.05) is 18.2 Å². The summed E-state index contributed by atoms with van der Waals surface area (Å²) in [6.45, 7) is 0. The summed E-state index contributed by atoms with van der Waals surface area (Å²) in [7, 11) is 3.89. The Hall–Kier alpha value is -1.33. The van der Waals surface area contributed by atoms with Crippen molar-refractivity contribution in [2.45, 2.75) is 25.3 Å². The van der Waals surface area contributed by atoms with E-state index in [1.165, 1.54) is 30.4 Å². The van der Waals surface area contributed by atoms with Gasteiger partial charge in [0.2, 0.25) is 0 Å². The van der Waals surface area contributed by atoms with E-state index in [4.69, 9.17) is 5.26 Å². The first-order chi connectivity index (χ1) is 7.22. The van der Waals surface area contributed by atoms with E-state index >= 15 is 0 Å². The van der Waals surface area contributed by atoms with E-state index in [1.54, 1.807) is 0 Å². The van der Waals surface area contributed by atoms with Gasteiger partial charge in [0.25, 0.3) is 0 Å². The van der Waals surface area contributed by atoms with Crippen LogP contribution in [0.15, 0.2) is 18.2 Å². The summed E-state index contributed by atoms with van der Waals surface area (Å²) in [4.78, 5) is 1.96. The largest absolute Gasteiger partial charge is 0.291 e. The van der Waals surface area contributed by atoms with Crippen molar-refractivity contribution in [1.82, 2.24) is 4.90 Å². The van der Waals surface area contributed by atoms with Crippen LogP contribution in [-0.2, 0) is 12.8 Å². The summed E-state index contributed by atoms with van der Waals surface area (Å²) in [5.74, 6) is 0. The number of rotatable bonds is 2. The summed E-state index contributed by atoms with van der Waals surface area (Å²) in [5, 5.41) is 9.11. The fraction of sp³-hybridized carbons (Fsp3) is 0.462. The van der Waals surface area contributed by atoms with Crippen LogP contribution in [0, 0.1) is 11.3 Å². The van der Waals surface area contributed by atoms with Crippen molar-refractivity contribution >= 4 is 0 Å². The molecule has 0 bridgehead atoms. The predicted molar refractivity (Wildman–Crippen MR) is 60.5 cm³/mol. The maximum absolute atomic E-state index is 9.11. The average molecular weight is 200 g/mol. The Labute approximate surface area is 91.1 Å². The Morgan fingerprint density at radius 1 is 1.27 bits per heavy atom. The van der Waals surface area contributed by atoms with Gasteiger partial charge in [0.15, 0.2) is 0 Å². The number of nitriles is 1. The second kappa shape index (κ2) is 4.04. The van der Waals surface area contributed by atoms with E-state index < -0.39 is 0 Å². The molecule has 0 fully saturated rings. The molecule has 0 aromatic heterocycles. The van der Waals surface area contributed by atoms with Crippen LogP contribution in [0.3, 0.4) is 0 Å². The fourth-order valence-corrected chi connectivity index (χ4v) is 2.25. The zero-order chi connectivity index (χ0) is 10.8. The molecule has 15 heavy (non-hydrogen) atoms. The number of aryl methyl sites for hydroxylation is 2. The SMILES string of the molecule is CN(C)C(C#N)c1ccc2c(c1)CCC2. The van der Waals surface area contributed by atoms with Crippen molar-refractivity contribution in [3.05, 3.63) is 34.9 Å². The van der Waals surface area contributed by atoms with Gasteiger partial charge in [-0.25, -0.2) is 0 Å². The summed E-state index contributed by atoms with van der Waals surface area (Å²) in [5.41, 5.74) is 4.03. The molecule has 2 rings (SSSR count). The van der Waals surface area contributed by atoms with Crippen molar-refractivity contribution < 1.29 is 0 Å². The maximum Gasteiger partial charge on any atom is 0.123 e. The summed E-state index contributed by atoms with van der Waals surface area (Å²) in [6, 6.07) is 8.71. The van der Waals surface area contributed by atoms with Crippen LogP contribution in [0.2, 0.25) is 0 Å². The van der Waals surface area contributed by atoms with E-state index in [9.17, 15) is 0 Å². The summed E-state index contributed by atoms with van der Waals surface area (Å²) < 4.78 is 0. The number of benzene rings is 1. The van der Waals surface area contributed by atoms with Crippen molar-refractivity contribution in [2.75, 3.05) is 14.1 Å². The predicted octanol–water partition coefficient (Wildman–Crippen LogP) is 2.30. The fourth-order valence-electron chi connectivity index (χ4n) is 2.25. The van der Waals surface area contributed by atoms with Gasteiger partial charge >= 0.3 is 0 Å². The van der Waals surface area contributed by atoms with Crippen LogP contribution in [0.1, 0.15) is 29.2 Å². The van der Waals surface area contributed by atoms with Gasteiger partial charge in [-0.2, -0.15) is 5.26 Å². The number of hydrogen-bond acceptors (Lipinski definition) is 2. The highest BCUT2D eigenvalue weighted by atomic mass is 15.1. The molecule has 1 aromatic carbocycles. The molecule has 0 saturated heterocycles. The van der Waals surface area contributed by atoms with Gasteiger partial charge in [0.1, 0.15) is 6.04 Å². The molecule has 1 unspecified atom stereocenters. The molecule has 1 aromatic rings. The van der Waals surface area contributed by atoms with E-state index in [0.717, 1.165) is 5.56 Å². The molecule has 1 aliphatic rings. The minimum absolute atomic E-state index is 0.115. The number of nitrogens with zero attached hydrogens (tertiary/aromatic N) is 2. The zero-order valence-electron chi connectivity index (χ0n) is 9.33. The lowest BCUT2D eigenvalue weighted by atomic mass is 10.0. The molecule has 2 heteroatoms. The van der Waals surface area contributed by atoms with Crippen LogP contribution in [0.25, 0.3) is 0 Å². The van der Waals surface area contributed by atoms with Crippen LogP contribution in [0.4, 0.5) is 0 Å². The topological polar surface area (TPSA) is 27.0 Å². The van der Waals surface area contributed by atoms with E-state index in [-0.39, 0.29) is 6.04 Å². The van der Waals surface area contributed by atoms with Crippen molar-refractivity contribution in [3.63, 3.8) is 0 Å².